The van der Waals surface area contributed by atoms with Crippen molar-refractivity contribution in [2.45, 2.75) is 25.0 Å². The van der Waals surface area contributed by atoms with Crippen molar-refractivity contribution in [1.82, 2.24) is 0 Å². The van der Waals surface area contributed by atoms with E-state index in [4.69, 9.17) is 11.6 Å². The van der Waals surface area contributed by atoms with Gasteiger partial charge in [-0.2, -0.15) is 0 Å². The number of rotatable bonds is 3. The number of para-hydroxylation sites is 1. The predicted octanol–water partition coefficient (Wildman–Crippen LogP) is 4.52. The molecule has 3 aromatic rings. The standard InChI is InChI=1S/C25H20ClNO3/c26-18-8-5-6-16(14-18)15-27-22-11-4-3-10-20(22)25(30,24(27)29)21-13-12-17-7-1-2-9-19(17)23(21)28/h1-11,14,21,30H,12-13,15H2. The Morgan fingerprint density at radius 3 is 2.60 bits per heavy atom. The quantitative estimate of drug-likeness (QED) is 0.681. The Kier molecular flexibility index (Phi) is 4.49. The molecule has 5 heteroatoms. The number of aliphatic hydroxyl groups is 1. The number of amides is 1. The van der Waals surface area contributed by atoms with Gasteiger partial charge < -0.3 is 10.0 Å². The second-order valence-corrected chi connectivity index (χ2v) is 8.35. The van der Waals surface area contributed by atoms with Crippen molar-refractivity contribution in [3.63, 3.8) is 0 Å². The van der Waals surface area contributed by atoms with E-state index in [1.54, 1.807) is 35.2 Å². The summed E-state index contributed by atoms with van der Waals surface area (Å²) in [6.07, 6.45) is 1.08. The van der Waals surface area contributed by atoms with Crippen molar-refractivity contribution in [1.29, 1.82) is 0 Å². The van der Waals surface area contributed by atoms with Gasteiger partial charge in [0.2, 0.25) is 0 Å². The molecule has 0 saturated heterocycles. The van der Waals surface area contributed by atoms with Crippen LogP contribution in [0.5, 0.6) is 0 Å². The van der Waals surface area contributed by atoms with Gasteiger partial charge in [-0.15, -0.1) is 0 Å². The first kappa shape index (κ1) is 19.0. The van der Waals surface area contributed by atoms with Crippen molar-refractivity contribution < 1.29 is 14.7 Å². The number of Topliss-reactive ketones (excluding diaryl/α,β-unsaturated/α-hetero) is 1. The van der Waals surface area contributed by atoms with E-state index in [2.05, 4.69) is 0 Å². The zero-order valence-corrected chi connectivity index (χ0v) is 17.0. The molecule has 1 aliphatic heterocycles. The molecule has 0 radical (unpaired) electrons. The largest absolute Gasteiger partial charge is 0.375 e. The lowest BCUT2D eigenvalue weighted by atomic mass is 9.71. The average Bonchev–Trinajstić information content (AvgIpc) is 2.97. The summed E-state index contributed by atoms with van der Waals surface area (Å²) in [6, 6.07) is 21.9. The third-order valence-corrected chi connectivity index (χ3v) is 6.45. The first-order valence-corrected chi connectivity index (χ1v) is 10.4. The van der Waals surface area contributed by atoms with Gasteiger partial charge in [0.05, 0.1) is 18.2 Å². The van der Waals surface area contributed by atoms with Crippen LogP contribution in [0.1, 0.15) is 33.5 Å². The smallest absolute Gasteiger partial charge is 0.264 e. The zero-order valence-electron chi connectivity index (χ0n) is 16.2. The third-order valence-electron chi connectivity index (χ3n) is 6.21. The molecule has 0 bridgehead atoms. The normalized spacial score (nSPS) is 22.7. The first-order valence-electron chi connectivity index (χ1n) is 10.0. The number of hydrogen-bond acceptors (Lipinski definition) is 3. The molecule has 150 valence electrons. The van der Waals surface area contributed by atoms with Crippen molar-refractivity contribution >= 4 is 29.0 Å². The van der Waals surface area contributed by atoms with Crippen molar-refractivity contribution in [2.24, 2.45) is 5.92 Å². The second-order valence-electron chi connectivity index (χ2n) is 7.92. The van der Waals surface area contributed by atoms with Gasteiger partial charge in [-0.05, 0) is 42.2 Å². The van der Waals surface area contributed by atoms with E-state index in [-0.39, 0.29) is 12.3 Å². The monoisotopic (exact) mass is 417 g/mol. The number of carbonyl (C=O) groups is 2. The predicted molar refractivity (Wildman–Crippen MR) is 116 cm³/mol. The fourth-order valence-electron chi connectivity index (χ4n) is 4.77. The summed E-state index contributed by atoms with van der Waals surface area (Å²) in [4.78, 5) is 28.5. The number of carbonyl (C=O) groups excluding carboxylic acids is 2. The van der Waals surface area contributed by atoms with Crippen LogP contribution in [0.4, 0.5) is 5.69 Å². The van der Waals surface area contributed by atoms with E-state index in [1.165, 1.54) is 0 Å². The molecule has 5 rings (SSSR count). The summed E-state index contributed by atoms with van der Waals surface area (Å²) >= 11 is 6.11. The Labute approximate surface area is 179 Å². The molecule has 0 spiro atoms. The summed E-state index contributed by atoms with van der Waals surface area (Å²) in [5, 5.41) is 12.4. The SMILES string of the molecule is O=C1c2ccccc2CCC1C1(O)C(=O)N(Cc2cccc(Cl)c2)c2ccccc21. The van der Waals surface area contributed by atoms with E-state index in [9.17, 15) is 14.7 Å². The summed E-state index contributed by atoms with van der Waals surface area (Å²) in [6.45, 7) is 0.274. The van der Waals surface area contributed by atoms with Crippen LogP contribution >= 0.6 is 11.6 Å². The van der Waals surface area contributed by atoms with Crippen LogP contribution in [0, 0.1) is 5.92 Å². The highest BCUT2D eigenvalue weighted by Gasteiger charge is 2.57. The number of anilines is 1. The Bertz CT molecular complexity index is 1170. The molecular weight excluding hydrogens is 398 g/mol. The molecule has 0 saturated carbocycles. The maximum atomic E-state index is 13.6. The molecule has 4 nitrogen and oxygen atoms in total. The number of fused-ring (bicyclic) bond motifs is 2. The van der Waals surface area contributed by atoms with Gasteiger partial charge in [0.1, 0.15) is 0 Å². The van der Waals surface area contributed by atoms with Crippen LogP contribution in [0.25, 0.3) is 0 Å². The minimum absolute atomic E-state index is 0.174. The maximum absolute atomic E-state index is 13.6. The van der Waals surface area contributed by atoms with Crippen LogP contribution in [0.2, 0.25) is 5.02 Å². The van der Waals surface area contributed by atoms with Crippen molar-refractivity contribution in [2.75, 3.05) is 4.90 Å². The molecule has 0 fully saturated rings. The van der Waals surface area contributed by atoms with E-state index in [0.29, 0.717) is 34.7 Å². The van der Waals surface area contributed by atoms with E-state index in [1.807, 2.05) is 42.5 Å². The van der Waals surface area contributed by atoms with Crippen LogP contribution in [0.15, 0.2) is 72.8 Å². The minimum Gasteiger partial charge on any atom is -0.375 e. The zero-order chi connectivity index (χ0) is 20.9. The van der Waals surface area contributed by atoms with Gasteiger partial charge in [0, 0.05) is 16.1 Å². The molecule has 2 aliphatic rings. The number of halogens is 1. The Hall–Kier alpha value is -2.95. The van der Waals surface area contributed by atoms with Gasteiger partial charge in [-0.3, -0.25) is 9.59 Å². The lowest BCUT2D eigenvalue weighted by Gasteiger charge is -2.34. The molecule has 1 amide bonds. The van der Waals surface area contributed by atoms with E-state index in [0.717, 1.165) is 11.1 Å². The Morgan fingerprint density at radius 2 is 1.77 bits per heavy atom. The molecule has 2 unspecified atom stereocenters. The highest BCUT2D eigenvalue weighted by atomic mass is 35.5. The van der Waals surface area contributed by atoms with Gasteiger partial charge in [-0.1, -0.05) is 66.2 Å². The fraction of sp³-hybridized carbons (Fsp3) is 0.200. The number of aryl methyl sites for hydroxylation is 1. The van der Waals surface area contributed by atoms with Gasteiger partial charge in [0.15, 0.2) is 11.4 Å². The van der Waals surface area contributed by atoms with Crippen LogP contribution in [-0.2, 0) is 23.4 Å². The first-order chi connectivity index (χ1) is 14.5. The lowest BCUT2D eigenvalue weighted by molar-refractivity contribution is -0.140. The molecule has 30 heavy (non-hydrogen) atoms. The van der Waals surface area contributed by atoms with Gasteiger partial charge in [0.25, 0.3) is 5.91 Å². The molecule has 2 atom stereocenters. The van der Waals surface area contributed by atoms with Crippen LogP contribution in [-0.4, -0.2) is 16.8 Å². The van der Waals surface area contributed by atoms with Crippen LogP contribution < -0.4 is 4.90 Å². The maximum Gasteiger partial charge on any atom is 0.264 e. The lowest BCUT2D eigenvalue weighted by Crippen LogP contribution is -2.49. The topological polar surface area (TPSA) is 57.6 Å². The minimum atomic E-state index is -1.88. The summed E-state index contributed by atoms with van der Waals surface area (Å²) < 4.78 is 0. The highest BCUT2D eigenvalue weighted by molar-refractivity contribution is 6.30. The molecule has 3 aromatic carbocycles. The van der Waals surface area contributed by atoms with Gasteiger partial charge in [-0.25, -0.2) is 0 Å². The average molecular weight is 418 g/mol. The summed E-state index contributed by atoms with van der Waals surface area (Å²) in [5.41, 5.74) is 1.68. The number of ketones is 1. The van der Waals surface area contributed by atoms with E-state index >= 15 is 0 Å². The van der Waals surface area contributed by atoms with E-state index < -0.39 is 17.4 Å². The molecule has 1 aliphatic carbocycles. The second kappa shape index (κ2) is 7.08. The number of hydrogen-bond donors (Lipinski definition) is 1. The van der Waals surface area contributed by atoms with Crippen molar-refractivity contribution in [3.05, 3.63) is 100 Å². The van der Waals surface area contributed by atoms with Crippen molar-refractivity contribution in [3.8, 4) is 0 Å². The molecular formula is C25H20ClNO3. The fourth-order valence-corrected chi connectivity index (χ4v) is 4.98. The third kappa shape index (κ3) is 2.79. The highest BCUT2D eigenvalue weighted by Crippen LogP contribution is 2.48. The molecule has 0 aromatic heterocycles. The Morgan fingerprint density at radius 1 is 1.00 bits per heavy atom. The molecule has 1 heterocycles. The molecule has 1 N–H and O–H groups in total. The Balaban J connectivity index is 1.57. The van der Waals surface area contributed by atoms with Gasteiger partial charge >= 0.3 is 0 Å². The number of benzene rings is 3. The van der Waals surface area contributed by atoms with Crippen LogP contribution in [0.3, 0.4) is 0 Å². The number of nitrogens with zero attached hydrogens (tertiary/aromatic N) is 1. The summed E-state index contributed by atoms with van der Waals surface area (Å²) in [5.74, 6) is -1.45. The summed E-state index contributed by atoms with van der Waals surface area (Å²) in [7, 11) is 0.